The Kier molecular flexibility index (Phi) is 4.63. The number of furan rings is 1. The summed E-state index contributed by atoms with van der Waals surface area (Å²) >= 11 is 0. The van der Waals surface area contributed by atoms with Crippen molar-refractivity contribution in [3.63, 3.8) is 0 Å². The molecule has 7 heteroatoms. The largest absolute Gasteiger partial charge is 0.472 e. The lowest BCUT2D eigenvalue weighted by Crippen LogP contribution is -2.58. The van der Waals surface area contributed by atoms with E-state index < -0.39 is 34.8 Å². The fourth-order valence-corrected chi connectivity index (χ4v) is 5.51. The fourth-order valence-electron chi connectivity index (χ4n) is 5.51. The second-order valence-corrected chi connectivity index (χ2v) is 8.03. The smallest absolute Gasteiger partial charge is 0.334 e. The van der Waals surface area contributed by atoms with E-state index in [2.05, 4.69) is 0 Å². The highest BCUT2D eigenvalue weighted by atomic mass is 16.6. The number of hydrogen-bond acceptors (Lipinski definition) is 7. The number of allylic oxidation sites excluding steroid dienone is 3. The van der Waals surface area contributed by atoms with E-state index in [1.807, 2.05) is 13.0 Å². The zero-order valence-corrected chi connectivity index (χ0v) is 16.7. The van der Waals surface area contributed by atoms with Gasteiger partial charge in [-0.1, -0.05) is 25.2 Å². The lowest BCUT2D eigenvalue weighted by atomic mass is 9.47. The Bertz CT molecular complexity index is 896. The molecule has 2 aliphatic carbocycles. The number of carbonyl (C=O) groups excluding carboxylic acids is 3. The molecule has 4 unspecified atom stereocenters. The summed E-state index contributed by atoms with van der Waals surface area (Å²) in [5.74, 6) is -2.10. The van der Waals surface area contributed by atoms with Crippen molar-refractivity contribution in [2.75, 3.05) is 14.2 Å². The van der Waals surface area contributed by atoms with E-state index in [0.717, 1.165) is 5.56 Å². The SMILES string of the molecule is COC(=O)C1=CC=CC2C1(C(=O)OC)CCC(C)[C@]21CC(c2ccoc2)OC1=O. The molecule has 1 aromatic heterocycles. The molecule has 2 fully saturated rings. The fraction of sp³-hybridized carbons (Fsp3) is 0.500. The number of ether oxygens (including phenoxy) is 3. The van der Waals surface area contributed by atoms with E-state index in [1.54, 1.807) is 24.5 Å². The molecular weight excluding hydrogens is 376 g/mol. The average Bonchev–Trinajstić information content (AvgIpc) is 3.38. The van der Waals surface area contributed by atoms with E-state index in [1.165, 1.54) is 20.5 Å². The third-order valence-corrected chi connectivity index (χ3v) is 7.01. The molecule has 1 saturated carbocycles. The molecule has 1 aromatic rings. The van der Waals surface area contributed by atoms with Gasteiger partial charge in [-0.25, -0.2) is 4.79 Å². The number of carbonyl (C=O) groups is 3. The average molecular weight is 400 g/mol. The van der Waals surface area contributed by atoms with Crippen LogP contribution in [-0.2, 0) is 28.6 Å². The van der Waals surface area contributed by atoms with E-state index in [0.29, 0.717) is 19.3 Å². The number of esters is 3. The Balaban J connectivity index is 1.85. The summed E-state index contributed by atoms with van der Waals surface area (Å²) in [6.07, 6.45) is 9.16. The molecule has 29 heavy (non-hydrogen) atoms. The molecule has 0 N–H and O–H groups in total. The monoisotopic (exact) mass is 400 g/mol. The maximum atomic E-state index is 13.3. The zero-order valence-electron chi connectivity index (χ0n) is 16.7. The van der Waals surface area contributed by atoms with Crippen LogP contribution in [0.15, 0.2) is 46.8 Å². The minimum absolute atomic E-state index is 0.0451. The van der Waals surface area contributed by atoms with Crippen LogP contribution in [0.2, 0.25) is 0 Å². The molecule has 2 heterocycles. The van der Waals surface area contributed by atoms with Gasteiger partial charge in [0.25, 0.3) is 0 Å². The third kappa shape index (κ3) is 2.52. The van der Waals surface area contributed by atoms with Gasteiger partial charge in [-0.3, -0.25) is 9.59 Å². The molecule has 0 bridgehead atoms. The van der Waals surface area contributed by atoms with Gasteiger partial charge in [-0.15, -0.1) is 0 Å². The quantitative estimate of drug-likeness (QED) is 0.568. The van der Waals surface area contributed by atoms with Crippen LogP contribution < -0.4 is 0 Å². The summed E-state index contributed by atoms with van der Waals surface area (Å²) in [4.78, 5) is 39.1. The first-order valence-electron chi connectivity index (χ1n) is 9.70. The van der Waals surface area contributed by atoms with Gasteiger partial charge in [0, 0.05) is 17.9 Å². The van der Waals surface area contributed by atoms with Gasteiger partial charge in [0.2, 0.25) is 0 Å². The number of methoxy groups -OCH3 is 2. The molecule has 1 aliphatic heterocycles. The molecule has 0 aromatic carbocycles. The first-order valence-corrected chi connectivity index (χ1v) is 9.70. The predicted molar refractivity (Wildman–Crippen MR) is 100 cm³/mol. The third-order valence-electron chi connectivity index (χ3n) is 7.01. The van der Waals surface area contributed by atoms with Crippen LogP contribution in [-0.4, -0.2) is 32.1 Å². The Labute approximate surface area is 168 Å². The Morgan fingerprint density at radius 1 is 1.24 bits per heavy atom. The Hall–Kier alpha value is -2.83. The highest BCUT2D eigenvalue weighted by molar-refractivity contribution is 6.00. The number of cyclic esters (lactones) is 1. The van der Waals surface area contributed by atoms with E-state index >= 15 is 0 Å². The maximum Gasteiger partial charge on any atom is 0.334 e. The van der Waals surface area contributed by atoms with Crippen molar-refractivity contribution in [2.45, 2.75) is 32.3 Å². The minimum atomic E-state index is -1.28. The van der Waals surface area contributed by atoms with Crippen molar-refractivity contribution in [1.29, 1.82) is 0 Å². The molecule has 4 rings (SSSR count). The maximum absolute atomic E-state index is 13.3. The van der Waals surface area contributed by atoms with Crippen LogP contribution in [0, 0.1) is 22.7 Å². The van der Waals surface area contributed by atoms with Gasteiger partial charge >= 0.3 is 17.9 Å². The summed E-state index contributed by atoms with van der Waals surface area (Å²) in [5, 5.41) is 0. The predicted octanol–water partition coefficient (Wildman–Crippen LogP) is 3.13. The van der Waals surface area contributed by atoms with Crippen LogP contribution in [0.3, 0.4) is 0 Å². The summed E-state index contributed by atoms with van der Waals surface area (Å²) in [5.41, 5.74) is -1.24. The molecule has 154 valence electrons. The van der Waals surface area contributed by atoms with Gasteiger partial charge in [0.15, 0.2) is 0 Å². The highest BCUT2D eigenvalue weighted by Gasteiger charge is 2.69. The molecule has 0 amide bonds. The second kappa shape index (κ2) is 6.90. The van der Waals surface area contributed by atoms with Gasteiger partial charge in [0.1, 0.15) is 11.5 Å². The van der Waals surface area contributed by atoms with Crippen molar-refractivity contribution in [1.82, 2.24) is 0 Å². The first kappa shape index (κ1) is 19.5. The number of hydrogen-bond donors (Lipinski definition) is 0. The van der Waals surface area contributed by atoms with Crippen LogP contribution in [0.4, 0.5) is 0 Å². The Morgan fingerprint density at radius 2 is 2.03 bits per heavy atom. The Morgan fingerprint density at radius 3 is 2.69 bits per heavy atom. The van der Waals surface area contributed by atoms with Gasteiger partial charge in [-0.2, -0.15) is 0 Å². The minimum Gasteiger partial charge on any atom is -0.472 e. The van der Waals surface area contributed by atoms with Crippen molar-refractivity contribution < 1.29 is 33.0 Å². The summed E-state index contributed by atoms with van der Waals surface area (Å²) in [7, 11) is 2.58. The van der Waals surface area contributed by atoms with Crippen molar-refractivity contribution in [2.24, 2.45) is 22.7 Å². The number of rotatable bonds is 3. The van der Waals surface area contributed by atoms with E-state index in [-0.39, 0.29) is 17.5 Å². The summed E-state index contributed by atoms with van der Waals surface area (Å²) in [6, 6.07) is 1.77. The van der Waals surface area contributed by atoms with Gasteiger partial charge in [-0.05, 0) is 24.8 Å². The van der Waals surface area contributed by atoms with Crippen LogP contribution in [0.25, 0.3) is 0 Å². The second-order valence-electron chi connectivity index (χ2n) is 8.03. The standard InChI is InChI=1S/C22H24O7/c1-13-7-9-21(19(24)27-3)15(18(23)26-2)5-4-6-17(21)22(13)11-16(29-20(22)25)14-8-10-28-12-14/h4-6,8,10,12-13,16-17H,7,9,11H2,1-3H3/t13?,16?,17?,21?,22-/m1/s1. The van der Waals surface area contributed by atoms with Gasteiger partial charge < -0.3 is 18.6 Å². The first-order chi connectivity index (χ1) is 13.9. The highest BCUT2D eigenvalue weighted by Crippen LogP contribution is 2.65. The van der Waals surface area contributed by atoms with Crippen molar-refractivity contribution in [3.8, 4) is 0 Å². The lowest BCUT2D eigenvalue weighted by molar-refractivity contribution is -0.172. The summed E-state index contributed by atoms with van der Waals surface area (Å²) < 4.78 is 21.1. The van der Waals surface area contributed by atoms with Crippen LogP contribution in [0.1, 0.15) is 37.9 Å². The topological polar surface area (TPSA) is 92.0 Å². The molecule has 5 atom stereocenters. The molecule has 1 saturated heterocycles. The summed E-state index contributed by atoms with van der Waals surface area (Å²) in [6.45, 7) is 2.00. The molecule has 0 radical (unpaired) electrons. The number of fused-ring (bicyclic) bond motifs is 2. The van der Waals surface area contributed by atoms with Gasteiger partial charge in [0.05, 0.1) is 37.7 Å². The lowest BCUT2D eigenvalue weighted by Gasteiger charge is -2.53. The molecular formula is C22H24O7. The van der Waals surface area contributed by atoms with Crippen molar-refractivity contribution >= 4 is 17.9 Å². The van der Waals surface area contributed by atoms with Crippen molar-refractivity contribution in [3.05, 3.63) is 48.0 Å². The molecule has 7 nitrogen and oxygen atoms in total. The zero-order chi connectivity index (χ0) is 20.8. The molecule has 1 spiro atoms. The van der Waals surface area contributed by atoms with Crippen LogP contribution >= 0.6 is 0 Å². The van der Waals surface area contributed by atoms with E-state index in [4.69, 9.17) is 18.6 Å². The van der Waals surface area contributed by atoms with Crippen LogP contribution in [0.5, 0.6) is 0 Å². The normalized spacial score (nSPS) is 35.6. The van der Waals surface area contributed by atoms with E-state index in [9.17, 15) is 14.4 Å². The molecule has 3 aliphatic rings.